The van der Waals surface area contributed by atoms with Crippen LogP contribution >= 0.6 is 0 Å². The van der Waals surface area contributed by atoms with Crippen molar-refractivity contribution in [2.75, 3.05) is 12.4 Å². The normalized spacial score (nSPS) is 12.2. The van der Waals surface area contributed by atoms with Crippen LogP contribution in [0.2, 0.25) is 0 Å². The molecular formula is C16H21N3O2. The Kier molecular flexibility index (Phi) is 4.62. The lowest BCUT2D eigenvalue weighted by Crippen LogP contribution is -2.22. The van der Waals surface area contributed by atoms with Crippen molar-refractivity contribution >= 4 is 11.7 Å². The summed E-state index contributed by atoms with van der Waals surface area (Å²) in [5.74, 6) is -0.334. The molecule has 0 saturated carbocycles. The van der Waals surface area contributed by atoms with Gasteiger partial charge in [0, 0.05) is 23.5 Å². The van der Waals surface area contributed by atoms with Crippen LogP contribution in [0, 0.1) is 6.92 Å². The smallest absolute Gasteiger partial charge is 0.333 e. The van der Waals surface area contributed by atoms with E-state index in [1.165, 1.54) is 7.11 Å². The third-order valence-electron chi connectivity index (χ3n) is 3.25. The first-order valence-corrected chi connectivity index (χ1v) is 6.96. The van der Waals surface area contributed by atoms with Gasteiger partial charge in [-0.1, -0.05) is 12.1 Å². The predicted molar refractivity (Wildman–Crippen MR) is 82.2 cm³/mol. The highest BCUT2D eigenvalue weighted by molar-refractivity contribution is 5.80. The van der Waals surface area contributed by atoms with Gasteiger partial charge in [0.05, 0.1) is 13.3 Å². The molecule has 5 heteroatoms. The summed E-state index contributed by atoms with van der Waals surface area (Å²) in [5.41, 5.74) is 2.79. The Balaban J connectivity index is 2.27. The number of anilines is 1. The number of nitrogens with zero attached hydrogens (tertiary/aromatic N) is 2. The number of rotatable bonds is 5. The number of aryl methyl sites for hydroxylation is 1. The van der Waals surface area contributed by atoms with Crippen molar-refractivity contribution in [1.82, 2.24) is 9.78 Å². The molecule has 1 aromatic heterocycles. The Morgan fingerprint density at radius 3 is 2.71 bits per heavy atom. The molecule has 1 unspecified atom stereocenters. The minimum absolute atomic E-state index is 0.246. The van der Waals surface area contributed by atoms with Crippen LogP contribution in [0.15, 0.2) is 36.7 Å². The molecule has 1 atom stereocenters. The number of aromatic nitrogens is 2. The van der Waals surface area contributed by atoms with Crippen LogP contribution < -0.4 is 5.32 Å². The summed E-state index contributed by atoms with van der Waals surface area (Å²) < 4.78 is 6.72. The van der Waals surface area contributed by atoms with Crippen LogP contribution in [0.4, 0.5) is 5.69 Å². The number of carbonyl (C=O) groups is 1. The fourth-order valence-electron chi connectivity index (χ4n) is 2.08. The molecule has 2 aromatic rings. The van der Waals surface area contributed by atoms with Crippen molar-refractivity contribution in [2.45, 2.75) is 32.9 Å². The average Bonchev–Trinajstić information content (AvgIpc) is 2.94. The van der Waals surface area contributed by atoms with Crippen LogP contribution in [-0.4, -0.2) is 22.9 Å². The summed E-state index contributed by atoms with van der Waals surface area (Å²) in [4.78, 5) is 12.1. The second-order valence-electron chi connectivity index (χ2n) is 5.32. The molecule has 1 N–H and O–H groups in total. The molecule has 0 radical (unpaired) electrons. The second kappa shape index (κ2) is 6.43. The number of benzene rings is 1. The highest BCUT2D eigenvalue weighted by Crippen LogP contribution is 2.22. The van der Waals surface area contributed by atoms with Crippen molar-refractivity contribution in [2.24, 2.45) is 0 Å². The number of ether oxygens (including phenoxy) is 1. The Morgan fingerprint density at radius 1 is 1.38 bits per heavy atom. The fourth-order valence-corrected chi connectivity index (χ4v) is 2.08. The summed E-state index contributed by atoms with van der Waals surface area (Å²) in [7, 11) is 1.39. The van der Waals surface area contributed by atoms with Crippen molar-refractivity contribution in [3.05, 3.63) is 47.8 Å². The molecule has 2 rings (SSSR count). The minimum Gasteiger partial charge on any atom is -0.467 e. The molecule has 0 saturated heterocycles. The van der Waals surface area contributed by atoms with E-state index < -0.39 is 6.04 Å². The second-order valence-corrected chi connectivity index (χ2v) is 5.32. The van der Waals surface area contributed by atoms with Crippen molar-refractivity contribution in [3.8, 4) is 0 Å². The van der Waals surface area contributed by atoms with E-state index in [-0.39, 0.29) is 12.0 Å². The molecule has 0 bridgehead atoms. The lowest BCUT2D eigenvalue weighted by molar-refractivity contribution is -0.141. The van der Waals surface area contributed by atoms with Gasteiger partial charge in [0.15, 0.2) is 6.04 Å². The first-order chi connectivity index (χ1) is 10.0. The molecule has 0 aliphatic heterocycles. The topological polar surface area (TPSA) is 56.1 Å². The van der Waals surface area contributed by atoms with Gasteiger partial charge >= 0.3 is 5.97 Å². The van der Waals surface area contributed by atoms with Crippen LogP contribution in [0.5, 0.6) is 0 Å². The van der Waals surface area contributed by atoms with Gasteiger partial charge < -0.3 is 10.1 Å². The number of carbonyl (C=O) groups excluding carboxylic acids is 1. The number of hydrogen-bond donors (Lipinski definition) is 1. The summed E-state index contributed by atoms with van der Waals surface area (Å²) in [6, 6.07) is 7.55. The number of esters is 1. The van der Waals surface area contributed by atoms with Gasteiger partial charge in [0.2, 0.25) is 0 Å². The van der Waals surface area contributed by atoms with Gasteiger partial charge in [-0.15, -0.1) is 0 Å². The third kappa shape index (κ3) is 3.62. The van der Waals surface area contributed by atoms with Crippen molar-refractivity contribution in [3.63, 3.8) is 0 Å². The highest BCUT2D eigenvalue weighted by atomic mass is 16.5. The average molecular weight is 287 g/mol. The molecule has 21 heavy (non-hydrogen) atoms. The quantitative estimate of drug-likeness (QED) is 0.859. The van der Waals surface area contributed by atoms with Crippen molar-refractivity contribution < 1.29 is 9.53 Å². The molecule has 112 valence electrons. The van der Waals surface area contributed by atoms with Gasteiger partial charge in [0.1, 0.15) is 0 Å². The highest BCUT2D eigenvalue weighted by Gasteiger charge is 2.23. The first-order valence-electron chi connectivity index (χ1n) is 6.96. The number of methoxy groups -OCH3 is 1. The van der Waals surface area contributed by atoms with E-state index in [4.69, 9.17) is 4.74 Å². The van der Waals surface area contributed by atoms with Gasteiger partial charge in [-0.25, -0.2) is 4.79 Å². The molecule has 5 nitrogen and oxygen atoms in total. The van der Waals surface area contributed by atoms with E-state index in [1.54, 1.807) is 6.20 Å². The number of nitrogens with one attached hydrogen (secondary N) is 1. The maximum absolute atomic E-state index is 12.1. The summed E-state index contributed by atoms with van der Waals surface area (Å²) in [6.07, 6.45) is 3.57. The SMILES string of the molecule is COC(=O)C(Nc1cccc(C)c1)c1cnn(C(C)C)c1. The van der Waals surface area contributed by atoms with E-state index in [2.05, 4.69) is 10.4 Å². The third-order valence-corrected chi connectivity index (χ3v) is 3.25. The molecule has 0 amide bonds. The zero-order chi connectivity index (χ0) is 15.4. The van der Waals surface area contributed by atoms with E-state index in [0.29, 0.717) is 0 Å². The van der Waals surface area contributed by atoms with E-state index in [9.17, 15) is 4.79 Å². The Labute approximate surface area is 124 Å². The molecule has 1 heterocycles. The first kappa shape index (κ1) is 15.1. The standard InChI is InChI=1S/C16H21N3O2/c1-11(2)19-10-13(9-17-19)15(16(20)21-4)18-14-7-5-6-12(3)8-14/h5-11,15,18H,1-4H3. The van der Waals surface area contributed by atoms with Crippen LogP contribution in [-0.2, 0) is 9.53 Å². The predicted octanol–water partition coefficient (Wildman–Crippen LogP) is 3.10. The van der Waals surface area contributed by atoms with Gasteiger partial charge in [0.25, 0.3) is 0 Å². The van der Waals surface area contributed by atoms with Gasteiger partial charge in [-0.3, -0.25) is 4.68 Å². The molecule has 0 fully saturated rings. The molecular weight excluding hydrogens is 266 g/mol. The van der Waals surface area contributed by atoms with Gasteiger partial charge in [-0.2, -0.15) is 5.10 Å². The molecule has 0 aliphatic rings. The maximum Gasteiger partial charge on any atom is 0.333 e. The number of hydrogen-bond acceptors (Lipinski definition) is 4. The lowest BCUT2D eigenvalue weighted by atomic mass is 10.1. The van der Waals surface area contributed by atoms with E-state index in [0.717, 1.165) is 16.8 Å². The maximum atomic E-state index is 12.1. The van der Waals surface area contributed by atoms with E-state index in [1.807, 2.05) is 55.9 Å². The van der Waals surface area contributed by atoms with E-state index >= 15 is 0 Å². The Bertz CT molecular complexity index is 619. The Hall–Kier alpha value is -2.30. The van der Waals surface area contributed by atoms with Gasteiger partial charge in [-0.05, 0) is 38.5 Å². The summed E-state index contributed by atoms with van der Waals surface area (Å²) in [6.45, 7) is 6.09. The molecule has 1 aromatic carbocycles. The fraction of sp³-hybridized carbons (Fsp3) is 0.375. The summed E-state index contributed by atoms with van der Waals surface area (Å²) in [5, 5.41) is 7.49. The summed E-state index contributed by atoms with van der Waals surface area (Å²) >= 11 is 0. The zero-order valence-corrected chi connectivity index (χ0v) is 12.8. The molecule has 0 aliphatic carbocycles. The van der Waals surface area contributed by atoms with Crippen LogP contribution in [0.25, 0.3) is 0 Å². The lowest BCUT2D eigenvalue weighted by Gasteiger charge is -2.16. The monoisotopic (exact) mass is 287 g/mol. The molecule has 0 spiro atoms. The van der Waals surface area contributed by atoms with Crippen molar-refractivity contribution in [1.29, 1.82) is 0 Å². The van der Waals surface area contributed by atoms with Crippen LogP contribution in [0.3, 0.4) is 0 Å². The van der Waals surface area contributed by atoms with Crippen LogP contribution in [0.1, 0.15) is 37.1 Å². The largest absolute Gasteiger partial charge is 0.467 e. The zero-order valence-electron chi connectivity index (χ0n) is 12.8. The Morgan fingerprint density at radius 2 is 2.14 bits per heavy atom. The minimum atomic E-state index is -0.565.